The molecule has 0 aromatic rings. The van der Waals surface area contributed by atoms with Gasteiger partial charge in [-0.25, -0.2) is 0 Å². The lowest BCUT2D eigenvalue weighted by Crippen LogP contribution is -2.30. The first kappa shape index (κ1) is 74.8. The van der Waals surface area contributed by atoms with Crippen molar-refractivity contribution in [3.8, 4) is 0 Å². The summed E-state index contributed by atoms with van der Waals surface area (Å²) in [7, 11) is 0. The largest absolute Gasteiger partial charge is 0.462 e. The molecule has 0 rings (SSSR count). The van der Waals surface area contributed by atoms with Crippen LogP contribution >= 0.6 is 0 Å². The minimum Gasteiger partial charge on any atom is -0.462 e. The van der Waals surface area contributed by atoms with Crippen LogP contribution in [0.5, 0.6) is 0 Å². The van der Waals surface area contributed by atoms with Crippen LogP contribution in [0.4, 0.5) is 0 Å². The minimum atomic E-state index is -0.786. The number of hydrogen-bond acceptors (Lipinski definition) is 6. The molecule has 0 aliphatic heterocycles. The quantitative estimate of drug-likeness (QED) is 0.0261. The zero-order valence-electron chi connectivity index (χ0n) is 51.9. The highest BCUT2D eigenvalue weighted by atomic mass is 16.6. The van der Waals surface area contributed by atoms with Crippen molar-refractivity contribution in [2.45, 2.75) is 354 Å². The summed E-state index contributed by atoms with van der Waals surface area (Å²) in [5.41, 5.74) is 0. The molecule has 0 heterocycles. The third kappa shape index (κ3) is 63.7. The van der Waals surface area contributed by atoms with E-state index < -0.39 is 6.10 Å². The summed E-state index contributed by atoms with van der Waals surface area (Å²) in [4.78, 5) is 38.4. The Labute approximate surface area is 484 Å². The van der Waals surface area contributed by atoms with Gasteiger partial charge in [0.2, 0.25) is 0 Å². The average molecular weight is 1090 g/mol. The van der Waals surface area contributed by atoms with E-state index in [1.807, 2.05) is 0 Å². The zero-order chi connectivity index (χ0) is 56.4. The van der Waals surface area contributed by atoms with E-state index in [9.17, 15) is 14.4 Å². The van der Waals surface area contributed by atoms with Crippen molar-refractivity contribution in [2.24, 2.45) is 0 Å². The fourth-order valence-corrected chi connectivity index (χ4v) is 9.77. The van der Waals surface area contributed by atoms with Crippen LogP contribution in [0.25, 0.3) is 0 Å². The number of hydrogen-bond donors (Lipinski definition) is 0. The van der Waals surface area contributed by atoms with E-state index in [4.69, 9.17) is 14.2 Å². The number of allylic oxidation sites excluding steroid dienone is 12. The van der Waals surface area contributed by atoms with Crippen molar-refractivity contribution in [1.82, 2.24) is 0 Å². The molecule has 6 nitrogen and oxygen atoms in total. The summed E-state index contributed by atoms with van der Waals surface area (Å²) in [5, 5.41) is 0. The van der Waals surface area contributed by atoms with Crippen LogP contribution in [0.3, 0.4) is 0 Å². The van der Waals surface area contributed by atoms with Crippen molar-refractivity contribution >= 4 is 17.9 Å². The third-order valence-corrected chi connectivity index (χ3v) is 14.9. The first-order chi connectivity index (χ1) is 38.5. The second-order valence-corrected chi connectivity index (χ2v) is 22.7. The summed E-state index contributed by atoms with van der Waals surface area (Å²) in [6.45, 7) is 6.61. The van der Waals surface area contributed by atoms with Crippen molar-refractivity contribution in [1.29, 1.82) is 0 Å². The van der Waals surface area contributed by atoms with E-state index in [1.165, 1.54) is 212 Å². The number of unbranched alkanes of at least 4 members (excludes halogenated alkanes) is 39. The molecule has 0 aromatic heterocycles. The van der Waals surface area contributed by atoms with Gasteiger partial charge in [0.25, 0.3) is 0 Å². The lowest BCUT2D eigenvalue weighted by atomic mass is 10.0. The molecule has 0 aliphatic rings. The summed E-state index contributed by atoms with van der Waals surface area (Å²) < 4.78 is 17.0. The van der Waals surface area contributed by atoms with Gasteiger partial charge >= 0.3 is 17.9 Å². The highest BCUT2D eigenvalue weighted by Crippen LogP contribution is 2.17. The van der Waals surface area contributed by atoms with Gasteiger partial charge in [0.15, 0.2) is 6.10 Å². The number of esters is 3. The second kappa shape index (κ2) is 66.4. The highest BCUT2D eigenvalue weighted by molar-refractivity contribution is 5.71. The molecule has 0 bridgehead atoms. The average Bonchev–Trinajstić information content (AvgIpc) is 3.44. The van der Waals surface area contributed by atoms with Crippen molar-refractivity contribution < 1.29 is 28.6 Å². The van der Waals surface area contributed by atoms with Gasteiger partial charge in [-0.1, -0.05) is 286 Å². The smallest absolute Gasteiger partial charge is 0.306 e. The Balaban J connectivity index is 4.30. The van der Waals surface area contributed by atoms with Gasteiger partial charge in [0.05, 0.1) is 0 Å². The zero-order valence-corrected chi connectivity index (χ0v) is 51.9. The fourth-order valence-electron chi connectivity index (χ4n) is 9.77. The first-order valence-corrected chi connectivity index (χ1v) is 33.9. The molecule has 0 saturated heterocycles. The lowest BCUT2D eigenvalue weighted by Gasteiger charge is -2.18. The summed E-state index contributed by atoms with van der Waals surface area (Å²) in [5.74, 6) is -0.886. The van der Waals surface area contributed by atoms with Crippen LogP contribution in [-0.4, -0.2) is 37.2 Å². The molecule has 0 saturated carbocycles. The Morgan fingerprint density at radius 3 is 0.744 bits per heavy atom. The van der Waals surface area contributed by atoms with E-state index in [0.717, 1.165) is 96.3 Å². The normalized spacial score (nSPS) is 12.5. The van der Waals surface area contributed by atoms with E-state index in [2.05, 4.69) is 93.7 Å². The van der Waals surface area contributed by atoms with Crippen LogP contribution in [0, 0.1) is 0 Å². The van der Waals surface area contributed by atoms with Gasteiger partial charge in [-0.15, -0.1) is 0 Å². The van der Waals surface area contributed by atoms with E-state index in [0.29, 0.717) is 19.3 Å². The van der Waals surface area contributed by atoms with Crippen LogP contribution < -0.4 is 0 Å². The number of carbonyl (C=O) groups excluding carboxylic acids is 3. The minimum absolute atomic E-state index is 0.0811. The van der Waals surface area contributed by atoms with Gasteiger partial charge < -0.3 is 14.2 Å². The Kier molecular flexibility index (Phi) is 63.7. The molecule has 0 fully saturated rings. The Hall–Kier alpha value is -3.15. The van der Waals surface area contributed by atoms with Gasteiger partial charge in [-0.2, -0.15) is 0 Å². The van der Waals surface area contributed by atoms with Crippen molar-refractivity contribution in [3.05, 3.63) is 72.9 Å². The molecule has 452 valence electrons. The molecule has 0 aliphatic carbocycles. The molecule has 1 atom stereocenters. The molecular weight excluding hydrogens is 961 g/mol. The molecule has 1 unspecified atom stereocenters. The SMILES string of the molecule is CCCCC/C=C\C/C=C\CCCCCCCCCC(=O)OC(COC(=O)CCCCCCC/C=C\C/C=C\CCCCCC)COC(=O)CCCCCCCCCCCCCCCCC/C=C\C/C=C\CCCCCCC. The maximum atomic E-state index is 12.9. The maximum Gasteiger partial charge on any atom is 0.306 e. The Morgan fingerprint density at radius 2 is 0.462 bits per heavy atom. The molecular formula is C72H128O6. The predicted octanol–water partition coefficient (Wildman–Crippen LogP) is 23.3. The van der Waals surface area contributed by atoms with E-state index >= 15 is 0 Å². The Bertz CT molecular complexity index is 1440. The summed E-state index contributed by atoms with van der Waals surface area (Å²) >= 11 is 0. The van der Waals surface area contributed by atoms with Crippen molar-refractivity contribution in [2.75, 3.05) is 13.2 Å². The van der Waals surface area contributed by atoms with Crippen LogP contribution in [-0.2, 0) is 28.6 Å². The van der Waals surface area contributed by atoms with E-state index in [-0.39, 0.29) is 31.1 Å². The third-order valence-electron chi connectivity index (χ3n) is 14.9. The van der Waals surface area contributed by atoms with Gasteiger partial charge in [-0.05, 0) is 116 Å². The lowest BCUT2D eigenvalue weighted by molar-refractivity contribution is -0.167. The molecule has 0 N–H and O–H groups in total. The standard InChI is InChI=1S/C72H128O6/c1-4-7-10-13-16-19-22-25-28-31-32-33-34-35-36-37-38-39-40-42-44-47-50-53-56-59-62-65-71(74)77-68-69(67-76-70(73)64-61-58-55-52-49-46-43-30-27-24-21-18-15-12-9-6-3)78-72(75)66-63-60-57-54-51-48-45-41-29-26-23-20-17-14-11-8-5-2/h17,20-22,24-26,29-32,43,69H,4-16,18-19,23,27-28,33-42,44-68H2,1-3H3/b20-17-,24-21-,25-22-,29-26-,32-31-,43-30-. The van der Waals surface area contributed by atoms with Crippen LogP contribution in [0.2, 0.25) is 0 Å². The second-order valence-electron chi connectivity index (χ2n) is 22.7. The molecule has 0 amide bonds. The molecule has 0 aromatic carbocycles. The van der Waals surface area contributed by atoms with Gasteiger partial charge in [0, 0.05) is 19.3 Å². The molecule has 78 heavy (non-hydrogen) atoms. The number of carbonyl (C=O) groups is 3. The van der Waals surface area contributed by atoms with Crippen LogP contribution in [0.1, 0.15) is 348 Å². The highest BCUT2D eigenvalue weighted by Gasteiger charge is 2.19. The summed E-state index contributed by atoms with van der Waals surface area (Å²) in [6, 6.07) is 0. The molecule has 6 heteroatoms. The van der Waals surface area contributed by atoms with Gasteiger partial charge in [0.1, 0.15) is 13.2 Å². The molecule has 0 spiro atoms. The maximum absolute atomic E-state index is 12.9. The monoisotopic (exact) mass is 1090 g/mol. The first-order valence-electron chi connectivity index (χ1n) is 33.9. The topological polar surface area (TPSA) is 78.9 Å². The summed E-state index contributed by atoms with van der Waals surface area (Å²) in [6.07, 6.45) is 86.3. The fraction of sp³-hybridized carbons (Fsp3) is 0.792. The van der Waals surface area contributed by atoms with Crippen molar-refractivity contribution in [3.63, 3.8) is 0 Å². The Morgan fingerprint density at radius 1 is 0.256 bits per heavy atom. The number of rotatable bonds is 62. The van der Waals surface area contributed by atoms with E-state index in [1.54, 1.807) is 0 Å². The van der Waals surface area contributed by atoms with Gasteiger partial charge in [-0.3, -0.25) is 14.4 Å². The molecule has 0 radical (unpaired) electrons. The predicted molar refractivity (Wildman–Crippen MR) is 339 cm³/mol. The number of ether oxygens (including phenoxy) is 3. The van der Waals surface area contributed by atoms with Crippen LogP contribution in [0.15, 0.2) is 72.9 Å².